The summed E-state index contributed by atoms with van der Waals surface area (Å²) in [5.74, 6) is 0.910. The number of nitrogens with one attached hydrogen (secondary N) is 1. The van der Waals surface area contributed by atoms with E-state index in [0.29, 0.717) is 34.1 Å². The van der Waals surface area contributed by atoms with Crippen molar-refractivity contribution in [3.05, 3.63) is 96.1 Å². The number of fused-ring (bicyclic) bond motifs is 1. The molecule has 4 aromatic rings. The van der Waals surface area contributed by atoms with E-state index in [0.717, 1.165) is 10.8 Å². The van der Waals surface area contributed by atoms with Crippen LogP contribution in [0.3, 0.4) is 0 Å². The van der Waals surface area contributed by atoms with Crippen molar-refractivity contribution < 1.29 is 28.5 Å². The first-order valence-corrected chi connectivity index (χ1v) is 11.0. The van der Waals surface area contributed by atoms with Gasteiger partial charge in [-0.15, -0.1) is 0 Å². The van der Waals surface area contributed by atoms with E-state index in [1.165, 1.54) is 13.3 Å². The number of carbonyl (C=O) groups excluding carboxylic acids is 2. The SMILES string of the molecule is COc1ccc(C(=O)Oc2ccc3ccccc3c2C=NNC(=O)COc2ccccc2OC)cc1. The molecule has 1 amide bonds. The second kappa shape index (κ2) is 11.5. The molecular formula is C28H24N2O6. The smallest absolute Gasteiger partial charge is 0.343 e. The molecule has 4 aromatic carbocycles. The van der Waals surface area contributed by atoms with Crippen molar-refractivity contribution >= 4 is 28.9 Å². The first-order chi connectivity index (χ1) is 17.6. The van der Waals surface area contributed by atoms with Gasteiger partial charge in [0, 0.05) is 5.56 Å². The Hall–Kier alpha value is -4.85. The second-order valence-corrected chi connectivity index (χ2v) is 7.55. The van der Waals surface area contributed by atoms with Gasteiger partial charge in [0.05, 0.1) is 26.0 Å². The van der Waals surface area contributed by atoms with Gasteiger partial charge in [-0.05, 0) is 53.2 Å². The Morgan fingerprint density at radius 1 is 0.806 bits per heavy atom. The highest BCUT2D eigenvalue weighted by Gasteiger charge is 2.14. The lowest BCUT2D eigenvalue weighted by Crippen LogP contribution is -2.24. The zero-order chi connectivity index (χ0) is 25.3. The average molecular weight is 485 g/mol. The number of nitrogens with zero attached hydrogens (tertiary/aromatic N) is 1. The molecule has 36 heavy (non-hydrogen) atoms. The first-order valence-electron chi connectivity index (χ1n) is 11.0. The molecule has 4 rings (SSSR count). The monoisotopic (exact) mass is 484 g/mol. The number of ether oxygens (including phenoxy) is 4. The fourth-order valence-electron chi connectivity index (χ4n) is 3.47. The van der Waals surface area contributed by atoms with Crippen LogP contribution in [0, 0.1) is 0 Å². The largest absolute Gasteiger partial charge is 0.497 e. The van der Waals surface area contributed by atoms with Gasteiger partial charge in [0.1, 0.15) is 11.5 Å². The van der Waals surface area contributed by atoms with E-state index in [1.807, 2.05) is 30.3 Å². The Bertz CT molecular complexity index is 1400. The van der Waals surface area contributed by atoms with Gasteiger partial charge >= 0.3 is 5.97 Å². The molecule has 0 fully saturated rings. The summed E-state index contributed by atoms with van der Waals surface area (Å²) in [4.78, 5) is 25.0. The quantitative estimate of drug-likeness (QED) is 0.161. The summed E-state index contributed by atoms with van der Waals surface area (Å²) in [7, 11) is 3.08. The highest BCUT2D eigenvalue weighted by molar-refractivity contribution is 6.04. The van der Waals surface area contributed by atoms with Crippen molar-refractivity contribution in [2.24, 2.45) is 5.10 Å². The molecular weight excluding hydrogens is 460 g/mol. The van der Waals surface area contributed by atoms with Gasteiger partial charge in [-0.2, -0.15) is 5.10 Å². The van der Waals surface area contributed by atoms with Gasteiger partial charge in [0.25, 0.3) is 5.91 Å². The van der Waals surface area contributed by atoms with Gasteiger partial charge in [0.15, 0.2) is 18.1 Å². The number of amides is 1. The molecule has 1 N–H and O–H groups in total. The lowest BCUT2D eigenvalue weighted by Gasteiger charge is -2.11. The third-order valence-corrected chi connectivity index (χ3v) is 5.27. The molecule has 0 aromatic heterocycles. The zero-order valence-corrected chi connectivity index (χ0v) is 19.8. The van der Waals surface area contributed by atoms with E-state index in [2.05, 4.69) is 10.5 Å². The van der Waals surface area contributed by atoms with Crippen LogP contribution in [0.5, 0.6) is 23.0 Å². The van der Waals surface area contributed by atoms with Crippen LogP contribution in [-0.4, -0.2) is 38.9 Å². The van der Waals surface area contributed by atoms with Gasteiger partial charge < -0.3 is 18.9 Å². The van der Waals surface area contributed by atoms with Crippen molar-refractivity contribution in [2.45, 2.75) is 0 Å². The van der Waals surface area contributed by atoms with E-state index >= 15 is 0 Å². The molecule has 182 valence electrons. The van der Waals surface area contributed by atoms with Crippen LogP contribution >= 0.6 is 0 Å². The summed E-state index contributed by atoms with van der Waals surface area (Å²) >= 11 is 0. The number of para-hydroxylation sites is 2. The Labute approximate surface area is 208 Å². The lowest BCUT2D eigenvalue weighted by molar-refractivity contribution is -0.123. The molecule has 0 aliphatic carbocycles. The van der Waals surface area contributed by atoms with Gasteiger partial charge in [-0.1, -0.05) is 42.5 Å². The summed E-state index contributed by atoms with van der Waals surface area (Å²) in [5.41, 5.74) is 3.35. The third kappa shape index (κ3) is 5.79. The number of hydrogen-bond donors (Lipinski definition) is 1. The van der Waals surface area contributed by atoms with Crippen molar-refractivity contribution in [2.75, 3.05) is 20.8 Å². The number of rotatable bonds is 9. The van der Waals surface area contributed by atoms with Crippen molar-refractivity contribution in [3.63, 3.8) is 0 Å². The molecule has 0 aliphatic heterocycles. The maximum Gasteiger partial charge on any atom is 0.343 e. The number of hydrazone groups is 1. The van der Waals surface area contributed by atoms with Crippen molar-refractivity contribution in [1.82, 2.24) is 5.43 Å². The minimum absolute atomic E-state index is 0.257. The fraction of sp³-hybridized carbons (Fsp3) is 0.107. The van der Waals surface area contributed by atoms with Crippen LogP contribution in [0.2, 0.25) is 0 Å². The molecule has 0 heterocycles. The minimum Gasteiger partial charge on any atom is -0.497 e. The molecule has 0 aliphatic rings. The Balaban J connectivity index is 1.50. The normalized spacial score (nSPS) is 10.7. The second-order valence-electron chi connectivity index (χ2n) is 7.55. The lowest BCUT2D eigenvalue weighted by atomic mass is 10.0. The van der Waals surface area contributed by atoms with Gasteiger partial charge in [0.2, 0.25) is 0 Å². The molecule has 0 spiro atoms. The Kier molecular flexibility index (Phi) is 7.77. The number of hydrogen-bond acceptors (Lipinski definition) is 7. The molecule has 0 saturated heterocycles. The molecule has 0 radical (unpaired) electrons. The Morgan fingerprint density at radius 3 is 2.28 bits per heavy atom. The van der Waals surface area contributed by atoms with Crippen LogP contribution in [0.4, 0.5) is 0 Å². The summed E-state index contributed by atoms with van der Waals surface area (Å²) in [6.45, 7) is -0.257. The van der Waals surface area contributed by atoms with Crippen LogP contribution < -0.4 is 24.4 Å². The highest BCUT2D eigenvalue weighted by Crippen LogP contribution is 2.28. The molecule has 0 saturated carbocycles. The van der Waals surface area contributed by atoms with E-state index in [4.69, 9.17) is 18.9 Å². The number of methoxy groups -OCH3 is 2. The summed E-state index contributed by atoms with van der Waals surface area (Å²) in [5, 5.41) is 5.80. The van der Waals surface area contributed by atoms with E-state index < -0.39 is 11.9 Å². The zero-order valence-electron chi connectivity index (χ0n) is 19.8. The first kappa shape index (κ1) is 24.3. The predicted molar refractivity (Wildman–Crippen MR) is 136 cm³/mol. The number of carbonyl (C=O) groups is 2. The molecule has 0 atom stereocenters. The van der Waals surface area contributed by atoms with E-state index in [1.54, 1.807) is 61.7 Å². The van der Waals surface area contributed by atoms with Crippen LogP contribution in [-0.2, 0) is 4.79 Å². The highest BCUT2D eigenvalue weighted by atomic mass is 16.5. The predicted octanol–water partition coefficient (Wildman–Crippen LogP) is 4.61. The summed E-state index contributed by atoms with van der Waals surface area (Å²) in [6.07, 6.45) is 1.44. The van der Waals surface area contributed by atoms with Gasteiger partial charge in [-0.3, -0.25) is 4.79 Å². The van der Waals surface area contributed by atoms with Crippen LogP contribution in [0.1, 0.15) is 15.9 Å². The van der Waals surface area contributed by atoms with Crippen molar-refractivity contribution in [3.8, 4) is 23.0 Å². The third-order valence-electron chi connectivity index (χ3n) is 5.27. The standard InChI is InChI=1S/C28H24N2O6/c1-33-21-14-11-20(12-15-21)28(32)36-24-16-13-19-7-3-4-8-22(19)23(24)17-29-30-27(31)18-35-26-10-6-5-9-25(26)34-2/h3-17H,18H2,1-2H3,(H,30,31). The molecule has 8 nitrogen and oxygen atoms in total. The number of benzene rings is 4. The van der Waals surface area contributed by atoms with Gasteiger partial charge in [-0.25, -0.2) is 10.2 Å². The topological polar surface area (TPSA) is 95.5 Å². The average Bonchev–Trinajstić information content (AvgIpc) is 2.93. The minimum atomic E-state index is -0.531. The van der Waals surface area contributed by atoms with Crippen LogP contribution in [0.25, 0.3) is 10.8 Å². The Morgan fingerprint density at radius 2 is 1.53 bits per heavy atom. The fourth-order valence-corrected chi connectivity index (χ4v) is 3.47. The number of esters is 1. The van der Waals surface area contributed by atoms with Crippen molar-refractivity contribution in [1.29, 1.82) is 0 Å². The van der Waals surface area contributed by atoms with Crippen LogP contribution in [0.15, 0.2) is 90.0 Å². The molecule has 0 bridgehead atoms. The molecule has 8 heteroatoms. The van der Waals surface area contributed by atoms with E-state index in [9.17, 15) is 9.59 Å². The summed E-state index contributed by atoms with van der Waals surface area (Å²) < 4.78 is 21.5. The maximum atomic E-state index is 12.8. The van der Waals surface area contributed by atoms with E-state index in [-0.39, 0.29) is 6.61 Å². The maximum absolute atomic E-state index is 12.8. The molecule has 0 unspecified atom stereocenters. The summed E-state index contributed by atoms with van der Waals surface area (Å²) in [6, 6.07) is 24.8.